The third-order valence-electron chi connectivity index (χ3n) is 2.43. The summed E-state index contributed by atoms with van der Waals surface area (Å²) in [6.45, 7) is 0. The van der Waals surface area contributed by atoms with Gasteiger partial charge in [0.15, 0.2) is 0 Å². The van der Waals surface area contributed by atoms with Gasteiger partial charge < -0.3 is 5.11 Å². The van der Waals surface area contributed by atoms with Crippen LogP contribution in [0.15, 0.2) is 27.8 Å². The van der Waals surface area contributed by atoms with Gasteiger partial charge in [-0.25, -0.2) is 4.79 Å². The molecule has 94 valence electrons. The highest BCUT2D eigenvalue weighted by Crippen LogP contribution is 2.27. The number of benzene rings is 1. The summed E-state index contributed by atoms with van der Waals surface area (Å²) in [6.07, 6.45) is 0.0243. The van der Waals surface area contributed by atoms with Crippen molar-refractivity contribution < 1.29 is 5.11 Å². The average Bonchev–Trinajstić information content (AvgIpc) is 2.26. The summed E-state index contributed by atoms with van der Waals surface area (Å²) in [4.78, 5) is 26.6. The van der Waals surface area contributed by atoms with Gasteiger partial charge in [0.05, 0.1) is 5.56 Å². The molecule has 0 amide bonds. The van der Waals surface area contributed by atoms with Crippen LogP contribution >= 0.6 is 23.2 Å². The SMILES string of the molecule is O=c1[nH]c(O)c(Cc2c(Cl)cccc2Cl)c(=O)[nH]1. The highest BCUT2D eigenvalue weighted by Gasteiger charge is 2.13. The zero-order valence-electron chi connectivity index (χ0n) is 8.96. The summed E-state index contributed by atoms with van der Waals surface area (Å²) in [5.74, 6) is -0.486. The second kappa shape index (κ2) is 4.88. The number of aromatic amines is 2. The van der Waals surface area contributed by atoms with E-state index in [-0.39, 0.29) is 12.0 Å². The van der Waals surface area contributed by atoms with Crippen LogP contribution in [0.3, 0.4) is 0 Å². The van der Waals surface area contributed by atoms with E-state index in [0.717, 1.165) is 0 Å². The molecule has 3 N–H and O–H groups in total. The van der Waals surface area contributed by atoms with E-state index in [0.29, 0.717) is 15.6 Å². The Kier molecular flexibility index (Phi) is 3.45. The lowest BCUT2D eigenvalue weighted by atomic mass is 10.1. The molecule has 0 atom stereocenters. The van der Waals surface area contributed by atoms with Gasteiger partial charge in [-0.1, -0.05) is 29.3 Å². The highest BCUT2D eigenvalue weighted by atomic mass is 35.5. The summed E-state index contributed by atoms with van der Waals surface area (Å²) in [5.41, 5.74) is -0.933. The molecule has 0 aliphatic carbocycles. The monoisotopic (exact) mass is 286 g/mol. The van der Waals surface area contributed by atoms with E-state index in [2.05, 4.69) is 4.98 Å². The standard InChI is InChI=1S/C11H8Cl2N2O3/c12-7-2-1-3-8(13)5(7)4-6-9(16)14-11(18)15-10(6)17/h1-3H,4H2,(H3,14,15,16,17,18). The predicted molar refractivity (Wildman–Crippen MR) is 68.6 cm³/mol. The summed E-state index contributed by atoms with van der Waals surface area (Å²) < 4.78 is 0. The number of hydrogen-bond acceptors (Lipinski definition) is 3. The van der Waals surface area contributed by atoms with Gasteiger partial charge in [-0.05, 0) is 17.7 Å². The van der Waals surface area contributed by atoms with Gasteiger partial charge in [-0.3, -0.25) is 14.8 Å². The van der Waals surface area contributed by atoms with Crippen molar-refractivity contribution in [1.29, 1.82) is 0 Å². The first-order valence-corrected chi connectivity index (χ1v) is 5.72. The third kappa shape index (κ3) is 2.42. The maximum atomic E-state index is 11.6. The fourth-order valence-electron chi connectivity index (χ4n) is 1.54. The van der Waals surface area contributed by atoms with Gasteiger partial charge in [0.25, 0.3) is 5.56 Å². The van der Waals surface area contributed by atoms with Crippen LogP contribution in [0, 0.1) is 0 Å². The molecule has 0 saturated carbocycles. The largest absolute Gasteiger partial charge is 0.494 e. The number of hydrogen-bond donors (Lipinski definition) is 3. The van der Waals surface area contributed by atoms with Crippen LogP contribution in [-0.2, 0) is 6.42 Å². The third-order valence-corrected chi connectivity index (χ3v) is 3.14. The quantitative estimate of drug-likeness (QED) is 0.785. The molecule has 1 aromatic heterocycles. The molecule has 0 bridgehead atoms. The fraction of sp³-hybridized carbons (Fsp3) is 0.0909. The van der Waals surface area contributed by atoms with Crippen LogP contribution in [0.4, 0.5) is 0 Å². The molecule has 0 fully saturated rings. The van der Waals surface area contributed by atoms with Gasteiger partial charge in [0.1, 0.15) is 0 Å². The second-order valence-electron chi connectivity index (χ2n) is 3.61. The summed E-state index contributed by atoms with van der Waals surface area (Å²) >= 11 is 11.9. The molecular formula is C11H8Cl2N2O3. The Morgan fingerprint density at radius 3 is 2.22 bits per heavy atom. The molecule has 1 aromatic carbocycles. The Balaban J connectivity index is 2.54. The fourth-order valence-corrected chi connectivity index (χ4v) is 2.07. The Labute approximate surface area is 111 Å². The van der Waals surface area contributed by atoms with Gasteiger partial charge in [0.2, 0.25) is 5.88 Å². The zero-order valence-corrected chi connectivity index (χ0v) is 10.5. The van der Waals surface area contributed by atoms with Crippen molar-refractivity contribution in [3.05, 3.63) is 60.2 Å². The maximum absolute atomic E-state index is 11.6. The number of nitrogens with one attached hydrogen (secondary N) is 2. The molecule has 0 saturated heterocycles. The lowest BCUT2D eigenvalue weighted by Gasteiger charge is -2.07. The predicted octanol–water partition coefficient (Wildman–Crippen LogP) is 1.67. The van der Waals surface area contributed by atoms with Crippen molar-refractivity contribution in [3.8, 4) is 5.88 Å². The van der Waals surface area contributed by atoms with E-state index >= 15 is 0 Å². The first-order valence-electron chi connectivity index (χ1n) is 4.96. The molecule has 7 heteroatoms. The van der Waals surface area contributed by atoms with Crippen LogP contribution in [0.1, 0.15) is 11.1 Å². The van der Waals surface area contributed by atoms with Gasteiger partial charge >= 0.3 is 5.69 Å². The summed E-state index contributed by atoms with van der Waals surface area (Å²) in [6, 6.07) is 4.92. The number of halogens is 2. The summed E-state index contributed by atoms with van der Waals surface area (Å²) in [5, 5.41) is 10.3. The molecule has 1 heterocycles. The van der Waals surface area contributed by atoms with Crippen LogP contribution in [0.5, 0.6) is 5.88 Å². The minimum atomic E-state index is -0.772. The number of aromatic hydroxyl groups is 1. The molecule has 0 aliphatic heterocycles. The van der Waals surface area contributed by atoms with E-state index in [1.807, 2.05) is 4.98 Å². The smallest absolute Gasteiger partial charge is 0.328 e. The zero-order chi connectivity index (χ0) is 13.3. The van der Waals surface area contributed by atoms with E-state index in [1.54, 1.807) is 18.2 Å². The number of H-pyrrole nitrogens is 2. The normalized spacial score (nSPS) is 10.6. The Hall–Kier alpha value is -1.72. The Bertz CT molecular complexity index is 686. The van der Waals surface area contributed by atoms with Crippen LogP contribution in [0.25, 0.3) is 0 Å². The molecule has 0 aliphatic rings. The lowest BCUT2D eigenvalue weighted by Crippen LogP contribution is -2.25. The van der Waals surface area contributed by atoms with Crippen LogP contribution < -0.4 is 11.2 Å². The maximum Gasteiger partial charge on any atom is 0.328 e. The van der Waals surface area contributed by atoms with Crippen LogP contribution in [-0.4, -0.2) is 15.1 Å². The molecule has 18 heavy (non-hydrogen) atoms. The molecule has 0 spiro atoms. The first kappa shape index (κ1) is 12.7. The molecule has 0 radical (unpaired) electrons. The number of aromatic nitrogens is 2. The van der Waals surface area contributed by atoms with Crippen molar-refractivity contribution in [3.63, 3.8) is 0 Å². The molecule has 5 nitrogen and oxygen atoms in total. The minimum Gasteiger partial charge on any atom is -0.494 e. The van der Waals surface area contributed by atoms with Crippen molar-refractivity contribution in [2.24, 2.45) is 0 Å². The van der Waals surface area contributed by atoms with Crippen LogP contribution in [0.2, 0.25) is 10.0 Å². The first-order chi connectivity index (χ1) is 8.49. The van der Waals surface area contributed by atoms with E-state index in [1.165, 1.54) is 0 Å². The minimum absolute atomic E-state index is 0.00426. The van der Waals surface area contributed by atoms with Gasteiger partial charge in [0, 0.05) is 16.5 Å². The molecule has 2 rings (SSSR count). The Morgan fingerprint density at radius 2 is 1.67 bits per heavy atom. The van der Waals surface area contributed by atoms with Crippen molar-refractivity contribution >= 4 is 23.2 Å². The van der Waals surface area contributed by atoms with Crippen molar-refractivity contribution in [2.45, 2.75) is 6.42 Å². The average molecular weight is 287 g/mol. The van der Waals surface area contributed by atoms with Crippen molar-refractivity contribution in [2.75, 3.05) is 0 Å². The number of rotatable bonds is 2. The molecular weight excluding hydrogens is 279 g/mol. The van der Waals surface area contributed by atoms with Crippen molar-refractivity contribution in [1.82, 2.24) is 9.97 Å². The topological polar surface area (TPSA) is 85.9 Å². The van der Waals surface area contributed by atoms with E-state index in [4.69, 9.17) is 23.2 Å². The van der Waals surface area contributed by atoms with E-state index in [9.17, 15) is 14.7 Å². The molecule has 2 aromatic rings. The Morgan fingerprint density at radius 1 is 1.06 bits per heavy atom. The highest BCUT2D eigenvalue weighted by molar-refractivity contribution is 6.36. The summed E-state index contributed by atoms with van der Waals surface area (Å²) in [7, 11) is 0. The van der Waals surface area contributed by atoms with Gasteiger partial charge in [-0.2, -0.15) is 0 Å². The van der Waals surface area contributed by atoms with E-state index < -0.39 is 17.1 Å². The lowest BCUT2D eigenvalue weighted by molar-refractivity contribution is 0.441. The molecule has 0 unspecified atom stereocenters. The van der Waals surface area contributed by atoms with Gasteiger partial charge in [-0.15, -0.1) is 0 Å². The second-order valence-corrected chi connectivity index (χ2v) is 4.43.